The predicted molar refractivity (Wildman–Crippen MR) is 106 cm³/mol. The smallest absolute Gasteiger partial charge is 0.423 e. The van der Waals surface area contributed by atoms with E-state index in [9.17, 15) is 22.2 Å². The van der Waals surface area contributed by atoms with Crippen molar-refractivity contribution in [1.82, 2.24) is 4.72 Å². The highest BCUT2D eigenvalue weighted by Gasteiger charge is 2.50. The van der Waals surface area contributed by atoms with Gasteiger partial charge in [0.25, 0.3) is 0 Å². The molecule has 31 heavy (non-hydrogen) atoms. The third kappa shape index (κ3) is 3.93. The molecule has 1 atom stereocenters. The fourth-order valence-electron chi connectivity index (χ4n) is 3.43. The Morgan fingerprint density at radius 2 is 1.84 bits per heavy atom. The van der Waals surface area contributed by atoms with Crippen molar-refractivity contribution in [3.8, 4) is 11.5 Å². The highest BCUT2D eigenvalue weighted by atomic mass is 32.2. The van der Waals surface area contributed by atoms with Crippen LogP contribution in [-0.4, -0.2) is 29.6 Å². The van der Waals surface area contributed by atoms with Crippen molar-refractivity contribution in [1.29, 1.82) is 0 Å². The van der Waals surface area contributed by atoms with E-state index >= 15 is 0 Å². The molecule has 166 valence electrons. The molecular formula is C19H19F3N4O4S. The molecule has 0 saturated heterocycles. The number of benzene rings is 2. The van der Waals surface area contributed by atoms with Crippen LogP contribution in [0.15, 0.2) is 35.2 Å². The van der Waals surface area contributed by atoms with Crippen LogP contribution in [0.5, 0.6) is 11.5 Å². The van der Waals surface area contributed by atoms with Gasteiger partial charge < -0.3 is 26.3 Å². The zero-order valence-electron chi connectivity index (χ0n) is 16.0. The quantitative estimate of drug-likeness (QED) is 0.521. The normalized spacial score (nSPS) is 16.0. The summed E-state index contributed by atoms with van der Waals surface area (Å²) >= 11 is 0. The Morgan fingerprint density at radius 3 is 2.58 bits per heavy atom. The Balaban J connectivity index is 1.53. The molecule has 2 aromatic rings. The fraction of sp³-hybridized carbons (Fsp3) is 0.316. The van der Waals surface area contributed by atoms with Crippen LogP contribution in [0.1, 0.15) is 16.7 Å². The van der Waals surface area contributed by atoms with Gasteiger partial charge in [0.15, 0.2) is 16.6 Å². The molecule has 8 nitrogen and oxygen atoms in total. The summed E-state index contributed by atoms with van der Waals surface area (Å²) in [5, 5.41) is 2.63. The van der Waals surface area contributed by atoms with Gasteiger partial charge in [0, 0.05) is 24.0 Å². The molecule has 2 aliphatic heterocycles. The average molecular weight is 456 g/mol. The molecule has 0 aromatic heterocycles. The maximum absolute atomic E-state index is 13.1. The maximum atomic E-state index is 13.1. The number of hydrogen-bond donors (Lipinski definition) is 4. The van der Waals surface area contributed by atoms with Crippen LogP contribution in [-0.2, 0) is 29.5 Å². The number of rotatable bonds is 4. The highest BCUT2D eigenvalue weighted by Crippen LogP contribution is 2.44. The van der Waals surface area contributed by atoms with Gasteiger partial charge in [0.2, 0.25) is 0 Å². The van der Waals surface area contributed by atoms with Crippen molar-refractivity contribution in [2.24, 2.45) is 11.5 Å². The summed E-state index contributed by atoms with van der Waals surface area (Å²) in [7, 11) is -2.17. The number of fused-ring (bicyclic) bond motifs is 2. The van der Waals surface area contributed by atoms with Gasteiger partial charge >= 0.3 is 12.2 Å². The standard InChI is InChI=1S/C19H19F3N4O4S/c20-19(21,22)18(23,24)11-2-1-3-12(9-11)31(28)26-17(27)25-15-13-5-7-29-14(13)8-10-4-6-30-16(10)15/h1-3,8-9H,4-7,23-24H2,(H2,25,26,27). The van der Waals surface area contributed by atoms with E-state index in [4.69, 9.17) is 20.9 Å². The number of halogens is 3. The summed E-state index contributed by atoms with van der Waals surface area (Å²) in [5.74, 6) is 1.19. The van der Waals surface area contributed by atoms with Crippen molar-refractivity contribution in [2.75, 3.05) is 18.5 Å². The molecule has 2 heterocycles. The van der Waals surface area contributed by atoms with Gasteiger partial charge in [-0.2, -0.15) is 13.2 Å². The topological polar surface area (TPSA) is 129 Å². The van der Waals surface area contributed by atoms with Gasteiger partial charge in [-0.1, -0.05) is 12.1 Å². The molecule has 2 amide bonds. The van der Waals surface area contributed by atoms with E-state index in [1.165, 1.54) is 12.1 Å². The van der Waals surface area contributed by atoms with Gasteiger partial charge in [-0.3, -0.25) is 4.72 Å². The summed E-state index contributed by atoms with van der Waals surface area (Å²) in [4.78, 5) is 12.4. The maximum Gasteiger partial charge on any atom is 0.423 e. The minimum atomic E-state index is -4.92. The van der Waals surface area contributed by atoms with Crippen LogP contribution in [0.3, 0.4) is 0 Å². The third-order valence-corrected chi connectivity index (χ3v) is 6.12. The molecule has 0 aliphatic carbocycles. The first-order valence-corrected chi connectivity index (χ1v) is 10.4. The van der Waals surface area contributed by atoms with Gasteiger partial charge in [-0.05, 0) is 23.8 Å². The van der Waals surface area contributed by atoms with E-state index in [0.29, 0.717) is 43.2 Å². The minimum Gasteiger partial charge on any atom is -0.493 e. The number of ether oxygens (including phenoxy) is 2. The van der Waals surface area contributed by atoms with E-state index in [2.05, 4.69) is 10.0 Å². The first-order chi connectivity index (χ1) is 14.6. The second-order valence-electron chi connectivity index (χ2n) is 7.13. The zero-order valence-corrected chi connectivity index (χ0v) is 16.9. The molecule has 4 rings (SSSR count). The predicted octanol–water partition coefficient (Wildman–Crippen LogP) is 2.03. The van der Waals surface area contributed by atoms with E-state index in [0.717, 1.165) is 23.3 Å². The zero-order chi connectivity index (χ0) is 22.4. The number of nitrogens with one attached hydrogen (secondary N) is 2. The van der Waals surface area contributed by atoms with Gasteiger partial charge in [-0.25, -0.2) is 9.00 Å². The largest absolute Gasteiger partial charge is 0.493 e. The van der Waals surface area contributed by atoms with Crippen LogP contribution in [0.4, 0.5) is 23.7 Å². The van der Waals surface area contributed by atoms with E-state index in [1.807, 2.05) is 6.07 Å². The lowest BCUT2D eigenvalue weighted by Crippen LogP contribution is -2.57. The molecular weight excluding hydrogens is 437 g/mol. The first kappa shape index (κ1) is 21.4. The molecule has 0 radical (unpaired) electrons. The monoisotopic (exact) mass is 456 g/mol. The number of amides is 2. The molecule has 0 spiro atoms. The summed E-state index contributed by atoms with van der Waals surface area (Å²) in [6.07, 6.45) is -3.69. The summed E-state index contributed by atoms with van der Waals surface area (Å²) in [6, 6.07) is 5.60. The van der Waals surface area contributed by atoms with E-state index in [-0.39, 0.29) is 4.90 Å². The minimum absolute atomic E-state index is 0.0970. The van der Waals surface area contributed by atoms with Crippen molar-refractivity contribution < 1.29 is 31.6 Å². The summed E-state index contributed by atoms with van der Waals surface area (Å²) < 4.78 is 65.2. The highest BCUT2D eigenvalue weighted by molar-refractivity contribution is 7.83. The first-order valence-electron chi connectivity index (χ1n) is 9.26. The lowest BCUT2D eigenvalue weighted by atomic mass is 10.0. The van der Waals surface area contributed by atoms with E-state index < -0.39 is 34.4 Å². The SMILES string of the molecule is NC(N)(c1cccc(S(=O)NC(=O)Nc2c3c(cc4c2OCC4)OCC3)c1)C(F)(F)F. The van der Waals surface area contributed by atoms with Gasteiger partial charge in [0.05, 0.1) is 23.8 Å². The Labute approximate surface area is 177 Å². The number of anilines is 1. The number of carbonyl (C=O) groups is 1. The fourth-order valence-corrected chi connectivity index (χ4v) is 4.21. The van der Waals surface area contributed by atoms with Crippen molar-refractivity contribution in [3.05, 3.63) is 47.0 Å². The molecule has 1 unspecified atom stereocenters. The summed E-state index contributed by atoms with van der Waals surface area (Å²) in [5.41, 5.74) is 8.92. The Kier molecular flexibility index (Phi) is 5.31. The molecule has 0 fully saturated rings. The number of nitrogens with two attached hydrogens (primary N) is 2. The van der Waals surface area contributed by atoms with Gasteiger partial charge in [0.1, 0.15) is 11.5 Å². The Bertz CT molecular complexity index is 1040. The van der Waals surface area contributed by atoms with E-state index in [1.54, 1.807) is 0 Å². The number of urea groups is 1. The van der Waals surface area contributed by atoms with Crippen LogP contribution in [0.25, 0.3) is 0 Å². The lowest BCUT2D eigenvalue weighted by molar-refractivity contribution is -0.188. The molecule has 0 bridgehead atoms. The molecule has 12 heteroatoms. The summed E-state index contributed by atoms with van der Waals surface area (Å²) in [6.45, 7) is 0.929. The van der Waals surface area contributed by atoms with Crippen LogP contribution in [0, 0.1) is 0 Å². The molecule has 2 aliphatic rings. The van der Waals surface area contributed by atoms with Gasteiger partial charge in [-0.15, -0.1) is 0 Å². The average Bonchev–Trinajstić information content (AvgIpc) is 3.36. The second-order valence-corrected chi connectivity index (χ2v) is 8.35. The van der Waals surface area contributed by atoms with Crippen LogP contribution in [0.2, 0.25) is 0 Å². The van der Waals surface area contributed by atoms with Crippen molar-refractivity contribution in [2.45, 2.75) is 29.6 Å². The Morgan fingerprint density at radius 1 is 1.10 bits per heavy atom. The van der Waals surface area contributed by atoms with Crippen LogP contribution >= 0.6 is 0 Å². The second kappa shape index (κ2) is 7.70. The molecule has 0 saturated carbocycles. The van der Waals surface area contributed by atoms with Crippen molar-refractivity contribution >= 4 is 22.7 Å². The Hall–Kier alpha value is -2.83. The van der Waals surface area contributed by atoms with Crippen molar-refractivity contribution in [3.63, 3.8) is 0 Å². The number of carbonyl (C=O) groups excluding carboxylic acids is 1. The van der Waals surface area contributed by atoms with Crippen LogP contribution < -0.4 is 31.0 Å². The lowest BCUT2D eigenvalue weighted by Gasteiger charge is -2.28. The molecule has 2 aromatic carbocycles. The number of hydrogen-bond acceptors (Lipinski definition) is 6. The molecule has 6 N–H and O–H groups in total. The number of alkyl halides is 3. The third-order valence-electron chi connectivity index (χ3n) is 5.07.